The quantitative estimate of drug-likeness (QED) is 0.408. The topological polar surface area (TPSA) is 61.0 Å². The summed E-state index contributed by atoms with van der Waals surface area (Å²) >= 11 is 0. The van der Waals surface area contributed by atoms with Crippen LogP contribution in [0.5, 0.6) is 0 Å². The number of likely N-dealkylation sites (tertiary alicyclic amines) is 1. The number of aryl methyl sites for hydroxylation is 2. The lowest BCUT2D eigenvalue weighted by Gasteiger charge is -2.31. The number of anilines is 1. The molecule has 0 unspecified atom stereocenters. The number of hydrogen-bond acceptors (Lipinski definition) is 2. The molecule has 1 aliphatic rings. The molecular weight excluding hydrogens is 396 g/mol. The lowest BCUT2D eigenvalue weighted by molar-refractivity contribution is 0.193. The molecule has 3 aromatic carbocycles. The number of H-pyrrole nitrogens is 1. The smallest absolute Gasteiger partial charge is 0.321 e. The normalized spacial score (nSPS) is 14.6. The molecule has 5 rings (SSSR count). The molecule has 2 amide bonds. The van der Waals surface area contributed by atoms with Crippen LogP contribution >= 0.6 is 0 Å². The number of aromatic amines is 1. The van der Waals surface area contributed by atoms with Crippen LogP contribution in [-0.2, 0) is 0 Å². The number of benzene rings is 3. The van der Waals surface area contributed by atoms with Crippen molar-refractivity contribution in [2.45, 2.75) is 32.6 Å². The number of rotatable bonds is 3. The van der Waals surface area contributed by atoms with Gasteiger partial charge in [0.2, 0.25) is 0 Å². The van der Waals surface area contributed by atoms with Crippen LogP contribution in [0.1, 0.15) is 35.7 Å². The number of nitrogens with one attached hydrogen (secondary N) is 2. The van der Waals surface area contributed by atoms with Gasteiger partial charge < -0.3 is 15.2 Å². The third-order valence-electron chi connectivity index (χ3n) is 6.54. The molecule has 0 spiro atoms. The average Bonchev–Trinajstić information content (AvgIpc) is 3.23. The van der Waals surface area contributed by atoms with Crippen molar-refractivity contribution in [2.24, 2.45) is 0 Å². The number of para-hydroxylation sites is 1. The number of imidazole rings is 1. The Morgan fingerprint density at radius 2 is 1.66 bits per heavy atom. The summed E-state index contributed by atoms with van der Waals surface area (Å²) in [7, 11) is 0. The zero-order valence-corrected chi connectivity index (χ0v) is 18.6. The Labute approximate surface area is 188 Å². The Morgan fingerprint density at radius 1 is 0.969 bits per heavy atom. The summed E-state index contributed by atoms with van der Waals surface area (Å²) in [5.41, 5.74) is 7.63. The maximum atomic E-state index is 13.0. The lowest BCUT2D eigenvalue weighted by atomic mass is 9.96. The molecule has 2 N–H and O–H groups in total. The SMILES string of the molecule is Cc1cc2nc(C3CCN(C(=O)Nc4ccccc4-c4ccccc4)CC3)[nH]c2cc1C. The summed E-state index contributed by atoms with van der Waals surface area (Å²) in [4.78, 5) is 23.3. The van der Waals surface area contributed by atoms with Gasteiger partial charge in [0, 0.05) is 24.6 Å². The Kier molecular flexibility index (Phi) is 5.39. The first-order chi connectivity index (χ1) is 15.6. The van der Waals surface area contributed by atoms with E-state index in [1.165, 1.54) is 11.1 Å². The number of urea groups is 1. The molecule has 1 aromatic heterocycles. The van der Waals surface area contributed by atoms with Crippen molar-refractivity contribution >= 4 is 22.8 Å². The second-order valence-corrected chi connectivity index (χ2v) is 8.68. The zero-order valence-electron chi connectivity index (χ0n) is 18.6. The van der Waals surface area contributed by atoms with Crippen molar-refractivity contribution in [1.82, 2.24) is 14.9 Å². The van der Waals surface area contributed by atoms with Crippen LogP contribution in [-0.4, -0.2) is 34.0 Å². The first-order valence-electron chi connectivity index (χ1n) is 11.3. The minimum Gasteiger partial charge on any atom is -0.342 e. The van der Waals surface area contributed by atoms with Crippen LogP contribution in [0, 0.1) is 13.8 Å². The molecule has 0 aliphatic carbocycles. The minimum atomic E-state index is -0.0392. The average molecular weight is 425 g/mol. The number of hydrogen-bond donors (Lipinski definition) is 2. The van der Waals surface area contributed by atoms with Crippen LogP contribution in [0.3, 0.4) is 0 Å². The maximum absolute atomic E-state index is 13.0. The molecule has 1 saturated heterocycles. The van der Waals surface area contributed by atoms with E-state index >= 15 is 0 Å². The standard InChI is InChI=1S/C27H28N4O/c1-18-16-24-25(17-19(18)2)29-26(28-24)21-12-14-31(15-13-21)27(32)30-23-11-7-6-10-22(23)20-8-4-3-5-9-20/h3-11,16-17,21H,12-15H2,1-2H3,(H,28,29)(H,30,32). The predicted molar refractivity (Wildman–Crippen MR) is 130 cm³/mol. The summed E-state index contributed by atoms with van der Waals surface area (Å²) in [6, 6.07) is 22.4. The molecule has 162 valence electrons. The van der Waals surface area contributed by atoms with Gasteiger partial charge >= 0.3 is 6.03 Å². The van der Waals surface area contributed by atoms with Crippen LogP contribution in [0.4, 0.5) is 10.5 Å². The van der Waals surface area contributed by atoms with E-state index in [-0.39, 0.29) is 6.03 Å². The molecular formula is C27H28N4O. The number of fused-ring (bicyclic) bond motifs is 1. The summed E-state index contributed by atoms with van der Waals surface area (Å²) in [5, 5.41) is 3.13. The molecule has 0 atom stereocenters. The Balaban J connectivity index is 1.26. The van der Waals surface area contributed by atoms with E-state index in [1.54, 1.807) is 0 Å². The predicted octanol–water partition coefficient (Wildman–Crippen LogP) is 6.26. The van der Waals surface area contributed by atoms with Gasteiger partial charge in [0.15, 0.2) is 0 Å². The first-order valence-corrected chi connectivity index (χ1v) is 11.3. The van der Waals surface area contributed by atoms with Crippen molar-refractivity contribution in [1.29, 1.82) is 0 Å². The highest BCUT2D eigenvalue weighted by Gasteiger charge is 2.26. The number of amides is 2. The van der Waals surface area contributed by atoms with E-state index in [9.17, 15) is 4.79 Å². The van der Waals surface area contributed by atoms with Gasteiger partial charge in [0.1, 0.15) is 5.82 Å². The summed E-state index contributed by atoms with van der Waals surface area (Å²) < 4.78 is 0. The van der Waals surface area contributed by atoms with Gasteiger partial charge in [-0.1, -0.05) is 48.5 Å². The fourth-order valence-corrected chi connectivity index (χ4v) is 4.49. The van der Waals surface area contributed by atoms with Crippen LogP contribution in [0.25, 0.3) is 22.2 Å². The van der Waals surface area contributed by atoms with Crippen LogP contribution in [0.2, 0.25) is 0 Å². The van der Waals surface area contributed by atoms with Gasteiger partial charge in [-0.15, -0.1) is 0 Å². The van der Waals surface area contributed by atoms with Gasteiger partial charge in [0.05, 0.1) is 16.7 Å². The second kappa shape index (κ2) is 8.50. The molecule has 5 heteroatoms. The fraction of sp³-hybridized carbons (Fsp3) is 0.259. The monoisotopic (exact) mass is 424 g/mol. The highest BCUT2D eigenvalue weighted by molar-refractivity contribution is 5.94. The van der Waals surface area contributed by atoms with E-state index in [1.807, 2.05) is 47.4 Å². The third-order valence-corrected chi connectivity index (χ3v) is 6.54. The molecule has 0 saturated carbocycles. The van der Waals surface area contributed by atoms with Crippen molar-refractivity contribution in [2.75, 3.05) is 18.4 Å². The molecule has 5 nitrogen and oxygen atoms in total. The number of piperidine rings is 1. The van der Waals surface area contributed by atoms with Gasteiger partial charge in [-0.3, -0.25) is 0 Å². The molecule has 0 bridgehead atoms. The van der Waals surface area contributed by atoms with Crippen molar-refractivity contribution in [3.63, 3.8) is 0 Å². The van der Waals surface area contributed by atoms with Crippen molar-refractivity contribution < 1.29 is 4.79 Å². The van der Waals surface area contributed by atoms with E-state index in [4.69, 9.17) is 4.98 Å². The van der Waals surface area contributed by atoms with E-state index in [0.29, 0.717) is 5.92 Å². The number of carbonyl (C=O) groups excluding carboxylic acids is 1. The Hall–Kier alpha value is -3.60. The second-order valence-electron chi connectivity index (χ2n) is 8.68. The van der Waals surface area contributed by atoms with Gasteiger partial charge in [-0.25, -0.2) is 9.78 Å². The van der Waals surface area contributed by atoms with E-state index < -0.39 is 0 Å². The minimum absolute atomic E-state index is 0.0392. The molecule has 2 heterocycles. The van der Waals surface area contributed by atoms with E-state index in [0.717, 1.165) is 59.6 Å². The summed E-state index contributed by atoms with van der Waals surface area (Å²) in [6.45, 7) is 5.69. The van der Waals surface area contributed by atoms with Gasteiger partial charge in [-0.2, -0.15) is 0 Å². The van der Waals surface area contributed by atoms with Crippen molar-refractivity contribution in [3.8, 4) is 11.1 Å². The Morgan fingerprint density at radius 3 is 2.44 bits per heavy atom. The first kappa shape index (κ1) is 20.3. The Bertz CT molecular complexity index is 1210. The van der Waals surface area contributed by atoms with Crippen LogP contribution in [0.15, 0.2) is 66.7 Å². The molecule has 0 radical (unpaired) electrons. The zero-order chi connectivity index (χ0) is 22.1. The summed E-state index contributed by atoms with van der Waals surface area (Å²) in [6.07, 6.45) is 1.82. The molecule has 32 heavy (non-hydrogen) atoms. The molecule has 4 aromatic rings. The van der Waals surface area contributed by atoms with Gasteiger partial charge in [0.25, 0.3) is 0 Å². The molecule has 1 fully saturated rings. The fourth-order valence-electron chi connectivity index (χ4n) is 4.49. The maximum Gasteiger partial charge on any atom is 0.321 e. The number of nitrogens with zero attached hydrogens (tertiary/aromatic N) is 2. The lowest BCUT2D eigenvalue weighted by Crippen LogP contribution is -2.40. The number of carbonyl (C=O) groups is 1. The largest absolute Gasteiger partial charge is 0.342 e. The van der Waals surface area contributed by atoms with E-state index in [2.05, 4.69) is 48.4 Å². The third kappa shape index (κ3) is 3.98. The van der Waals surface area contributed by atoms with Crippen molar-refractivity contribution in [3.05, 3.63) is 83.7 Å². The highest BCUT2D eigenvalue weighted by atomic mass is 16.2. The number of aromatic nitrogens is 2. The van der Waals surface area contributed by atoms with Crippen LogP contribution < -0.4 is 5.32 Å². The summed E-state index contributed by atoms with van der Waals surface area (Å²) in [5.74, 6) is 1.39. The highest BCUT2D eigenvalue weighted by Crippen LogP contribution is 2.30. The molecule has 1 aliphatic heterocycles. The van der Waals surface area contributed by atoms with Gasteiger partial charge in [-0.05, 0) is 61.6 Å².